The number of carbonyl (C=O) groups excluding carboxylic acids is 2. The number of aryl methyl sites for hydroxylation is 1. The van der Waals surface area contributed by atoms with Gasteiger partial charge in [0.25, 0.3) is 0 Å². The fourth-order valence-electron chi connectivity index (χ4n) is 12.4. The maximum absolute atomic E-state index is 15.2. The third kappa shape index (κ3) is 10.1. The monoisotopic (exact) mass is 936 g/mol. The predicted octanol–water partition coefficient (Wildman–Crippen LogP) is 11.3. The number of fused-ring (bicyclic) bond motifs is 11. The number of carbonyl (C=O) groups is 2. The smallest absolute Gasteiger partial charge is 0.340 e. The summed E-state index contributed by atoms with van der Waals surface area (Å²) in [5.41, 5.74) is 6.55. The van der Waals surface area contributed by atoms with Gasteiger partial charge >= 0.3 is 17.6 Å². The summed E-state index contributed by atoms with van der Waals surface area (Å²) in [6, 6.07) is 31.7. The Morgan fingerprint density at radius 1 is 0.826 bits per heavy atom. The molecule has 5 aliphatic rings. The van der Waals surface area contributed by atoms with E-state index in [4.69, 9.17) is 23.4 Å². The Bertz CT molecular complexity index is 2700. The average molecular weight is 937 g/mol. The van der Waals surface area contributed by atoms with Gasteiger partial charge in [0.2, 0.25) is 0 Å². The number of esters is 2. The summed E-state index contributed by atoms with van der Waals surface area (Å²) in [7, 11) is 1.52. The van der Waals surface area contributed by atoms with Gasteiger partial charge in [0.1, 0.15) is 16.9 Å². The molecule has 2 fully saturated rings. The van der Waals surface area contributed by atoms with Gasteiger partial charge in [0.15, 0.2) is 12.2 Å². The van der Waals surface area contributed by atoms with Crippen LogP contribution in [-0.2, 0) is 43.2 Å². The Morgan fingerprint density at radius 2 is 1.59 bits per heavy atom. The highest BCUT2D eigenvalue weighted by atomic mass is 16.6. The molecule has 4 aromatic carbocycles. The van der Waals surface area contributed by atoms with Gasteiger partial charge in [-0.15, -0.1) is 0 Å². The fraction of sp³-hybridized carbons (Fsp3) is 0.475. The van der Waals surface area contributed by atoms with Crippen molar-refractivity contribution in [3.05, 3.63) is 157 Å². The molecule has 0 amide bonds. The highest BCUT2D eigenvalue weighted by molar-refractivity contribution is 5.90. The lowest BCUT2D eigenvalue weighted by Gasteiger charge is -2.50. The van der Waals surface area contributed by atoms with Gasteiger partial charge < -0.3 is 33.6 Å². The molecule has 7 atom stereocenters. The zero-order chi connectivity index (χ0) is 48.2. The van der Waals surface area contributed by atoms with Crippen molar-refractivity contribution in [3.63, 3.8) is 0 Å². The molecule has 4 heterocycles. The molecule has 0 spiro atoms. The lowest BCUT2D eigenvalue weighted by atomic mass is 9.68. The van der Waals surface area contributed by atoms with Crippen molar-refractivity contribution in [2.75, 3.05) is 20.3 Å². The molecule has 10 rings (SSSR count). The van der Waals surface area contributed by atoms with E-state index in [1.54, 1.807) is 12.1 Å². The molecular weight excluding hydrogens is 869 g/mol. The average Bonchev–Trinajstić information content (AvgIpc) is 3.35. The molecule has 10 heteroatoms. The number of hydrogen-bond donors (Lipinski definition) is 2. The van der Waals surface area contributed by atoms with E-state index in [1.165, 1.54) is 29.4 Å². The second kappa shape index (κ2) is 21.2. The lowest BCUT2D eigenvalue weighted by Crippen LogP contribution is -2.58. The molecule has 3 aliphatic heterocycles. The zero-order valence-corrected chi connectivity index (χ0v) is 40.7. The highest BCUT2D eigenvalue weighted by Gasteiger charge is 2.57. The SMILES string of the molecule is COC[C@@H](CCO)c1c(CO)c2ccc3c(c2oc1=O)[C@H]1OC(=O)C[C@H]2C[C@@H](c4cccc(Cc5ccccc5)c4)CC[C@@H]2c2ccc(cc2)CCC(=C(C)C)C(=O)O[C@@H]1[C@](C)(C1CCCCC1)O3. The molecule has 0 unspecified atom stereocenters. The van der Waals surface area contributed by atoms with E-state index >= 15 is 4.79 Å². The van der Waals surface area contributed by atoms with Crippen LogP contribution in [0.3, 0.4) is 0 Å². The number of hydrogen-bond acceptors (Lipinski definition) is 10. The van der Waals surface area contributed by atoms with Gasteiger partial charge in [0, 0.05) is 48.5 Å². The number of ether oxygens (including phenoxy) is 4. The fourth-order valence-corrected chi connectivity index (χ4v) is 12.4. The van der Waals surface area contributed by atoms with Crippen molar-refractivity contribution < 1.29 is 43.2 Å². The van der Waals surface area contributed by atoms with Crippen LogP contribution in [0.2, 0.25) is 0 Å². The van der Waals surface area contributed by atoms with Crippen LogP contribution >= 0.6 is 0 Å². The Balaban J connectivity index is 1.17. The number of aliphatic hydroxyl groups is 2. The third-order valence-electron chi connectivity index (χ3n) is 16.0. The van der Waals surface area contributed by atoms with Crippen LogP contribution in [-0.4, -0.2) is 54.2 Å². The molecule has 0 radical (unpaired) electrons. The first-order chi connectivity index (χ1) is 33.5. The molecule has 69 heavy (non-hydrogen) atoms. The van der Waals surface area contributed by atoms with Crippen LogP contribution < -0.4 is 10.4 Å². The number of methoxy groups -OCH3 is 1. The lowest BCUT2D eigenvalue weighted by molar-refractivity contribution is -0.201. The summed E-state index contributed by atoms with van der Waals surface area (Å²) in [5, 5.41) is 21.5. The van der Waals surface area contributed by atoms with Crippen molar-refractivity contribution in [2.24, 2.45) is 11.8 Å². The van der Waals surface area contributed by atoms with Gasteiger partial charge in [-0.2, -0.15) is 0 Å². The number of allylic oxidation sites excluding steroid dienone is 1. The minimum absolute atomic E-state index is 0.0513. The van der Waals surface area contributed by atoms with E-state index in [0.717, 1.165) is 68.9 Å². The molecule has 2 saturated carbocycles. The minimum atomic E-state index is -1.23. The van der Waals surface area contributed by atoms with Gasteiger partial charge in [0.05, 0.1) is 18.8 Å². The van der Waals surface area contributed by atoms with E-state index in [-0.39, 0.29) is 60.9 Å². The first-order valence-electron chi connectivity index (χ1n) is 25.3. The largest absolute Gasteiger partial charge is 0.483 e. The second-order valence-electron chi connectivity index (χ2n) is 20.5. The normalized spacial score (nSPS) is 24.9. The molecule has 2 bridgehead atoms. The first-order valence-corrected chi connectivity index (χ1v) is 25.3. The Morgan fingerprint density at radius 3 is 2.32 bits per heavy atom. The summed E-state index contributed by atoms with van der Waals surface area (Å²) in [5.74, 6) is -0.939. The van der Waals surface area contributed by atoms with Crippen molar-refractivity contribution in [2.45, 2.75) is 146 Å². The topological polar surface area (TPSA) is 142 Å². The van der Waals surface area contributed by atoms with E-state index in [9.17, 15) is 19.8 Å². The Kier molecular flexibility index (Phi) is 14.9. The standard InChI is InChI=1S/C59H68O10/c1-36(2)46-24-20-37-18-21-40(22-19-37)47-25-23-42(41-15-11-14-39(31-41)30-38-12-7-5-8-13-38)32-44(47)33-51(62)66-55-53-50(69-59(3,56(55)68-57(46)63)45-16-9-6-10-17-45)27-26-48-49(34-61)52(58(64)67-54(48)53)43(28-29-60)35-65-4/h5,7-8,11-15,18-19,21-22,26-27,31,42-45,47,55-56,60-61H,6,9-10,16-17,20,23-25,28-30,32-35H2,1-4H3/t42-,43+,44+,47+,55+,56-,59-/m0/s1. The van der Waals surface area contributed by atoms with Crippen LogP contribution in [0.1, 0.15) is 160 Å². The quantitative estimate of drug-likeness (QED) is 0.0789. The van der Waals surface area contributed by atoms with Crippen LogP contribution in [0.5, 0.6) is 5.75 Å². The first kappa shape index (κ1) is 48.5. The summed E-state index contributed by atoms with van der Waals surface area (Å²) >= 11 is 0. The summed E-state index contributed by atoms with van der Waals surface area (Å²) in [6.07, 6.45) is 7.23. The minimum Gasteiger partial charge on any atom is -0.483 e. The van der Waals surface area contributed by atoms with E-state index < -0.39 is 47.9 Å². The third-order valence-corrected chi connectivity index (χ3v) is 16.0. The van der Waals surface area contributed by atoms with E-state index in [2.05, 4.69) is 72.8 Å². The Hall–Kier alpha value is -5.55. The highest BCUT2D eigenvalue weighted by Crippen LogP contribution is 2.53. The van der Waals surface area contributed by atoms with E-state index in [1.807, 2.05) is 26.8 Å². The maximum atomic E-state index is 15.2. The van der Waals surface area contributed by atoms with Gasteiger partial charge in [-0.1, -0.05) is 104 Å². The van der Waals surface area contributed by atoms with Crippen LogP contribution in [0.4, 0.5) is 0 Å². The van der Waals surface area contributed by atoms with Crippen LogP contribution in [0.15, 0.2) is 111 Å². The van der Waals surface area contributed by atoms with Crippen molar-refractivity contribution in [1.29, 1.82) is 0 Å². The summed E-state index contributed by atoms with van der Waals surface area (Å²) < 4.78 is 32.6. The number of rotatable bonds is 10. The maximum Gasteiger partial charge on any atom is 0.340 e. The molecule has 364 valence electrons. The molecule has 5 aromatic rings. The van der Waals surface area contributed by atoms with Gasteiger partial charge in [-0.05, 0) is 142 Å². The number of aliphatic hydroxyl groups excluding tert-OH is 2. The zero-order valence-electron chi connectivity index (χ0n) is 40.7. The van der Waals surface area contributed by atoms with Gasteiger partial charge in [-0.3, -0.25) is 4.79 Å². The predicted molar refractivity (Wildman–Crippen MR) is 265 cm³/mol. The summed E-state index contributed by atoms with van der Waals surface area (Å²) in [6.45, 7) is 5.23. The van der Waals surface area contributed by atoms with E-state index in [0.29, 0.717) is 40.7 Å². The molecular formula is C59H68O10. The second-order valence-corrected chi connectivity index (χ2v) is 20.5. The van der Waals surface area contributed by atoms with Crippen LogP contribution in [0, 0.1) is 11.8 Å². The summed E-state index contributed by atoms with van der Waals surface area (Å²) in [4.78, 5) is 44.4. The molecule has 2 aliphatic carbocycles. The number of benzene rings is 4. The van der Waals surface area contributed by atoms with Crippen molar-refractivity contribution in [3.8, 4) is 5.75 Å². The van der Waals surface area contributed by atoms with Crippen molar-refractivity contribution >= 4 is 22.9 Å². The molecule has 0 saturated heterocycles. The van der Waals surface area contributed by atoms with Crippen molar-refractivity contribution in [1.82, 2.24) is 0 Å². The molecule has 10 nitrogen and oxygen atoms in total. The molecule has 1 aromatic heterocycles. The molecule has 2 N–H and O–H groups in total. The van der Waals surface area contributed by atoms with Gasteiger partial charge in [-0.25, -0.2) is 9.59 Å². The Labute approximate surface area is 406 Å². The van der Waals surface area contributed by atoms with Crippen LogP contribution in [0.25, 0.3) is 11.0 Å².